The molecule has 0 amide bonds. The lowest BCUT2D eigenvalue weighted by atomic mass is 10.1. The Morgan fingerprint density at radius 3 is 2.66 bits per heavy atom. The number of benzene rings is 1. The molecule has 0 unspecified atom stereocenters. The maximum atomic E-state index is 12.6. The van der Waals surface area contributed by atoms with Gasteiger partial charge < -0.3 is 0 Å². The van der Waals surface area contributed by atoms with Gasteiger partial charge in [-0.2, -0.15) is 10.2 Å². The summed E-state index contributed by atoms with van der Waals surface area (Å²) in [6, 6.07) is 14.5. The number of thiophene rings is 1. The van der Waals surface area contributed by atoms with Crippen LogP contribution in [0.5, 0.6) is 0 Å². The summed E-state index contributed by atoms with van der Waals surface area (Å²) in [6.07, 6.45) is 8.84. The van der Waals surface area contributed by atoms with Gasteiger partial charge in [0.15, 0.2) is 5.78 Å². The third-order valence-corrected chi connectivity index (χ3v) is 5.44. The number of carbonyl (C=O) groups excluding carboxylic acids is 1. The van der Waals surface area contributed by atoms with E-state index in [2.05, 4.69) is 17.2 Å². The first kappa shape index (κ1) is 19.1. The molecule has 0 aliphatic heterocycles. The topological polar surface area (TPSA) is 52.7 Å². The van der Waals surface area contributed by atoms with Crippen molar-refractivity contribution in [1.82, 2.24) is 19.6 Å². The highest BCUT2D eigenvalue weighted by atomic mass is 32.1. The van der Waals surface area contributed by atoms with Gasteiger partial charge in [0, 0.05) is 24.0 Å². The fourth-order valence-electron chi connectivity index (χ4n) is 3.02. The van der Waals surface area contributed by atoms with Crippen molar-refractivity contribution in [2.45, 2.75) is 26.4 Å². The summed E-state index contributed by atoms with van der Waals surface area (Å²) in [6.45, 7) is 4.75. The highest BCUT2D eigenvalue weighted by Crippen LogP contribution is 2.28. The summed E-state index contributed by atoms with van der Waals surface area (Å²) in [5.74, 6) is -0.0650. The first-order chi connectivity index (χ1) is 14.1. The van der Waals surface area contributed by atoms with Gasteiger partial charge in [0.2, 0.25) is 0 Å². The van der Waals surface area contributed by atoms with Crippen LogP contribution in [-0.2, 0) is 6.54 Å². The van der Waals surface area contributed by atoms with E-state index in [0.717, 1.165) is 16.1 Å². The average molecular weight is 403 g/mol. The summed E-state index contributed by atoms with van der Waals surface area (Å²) in [7, 11) is 0. The summed E-state index contributed by atoms with van der Waals surface area (Å²) >= 11 is 1.64. The van der Waals surface area contributed by atoms with Gasteiger partial charge in [-0.3, -0.25) is 14.2 Å². The van der Waals surface area contributed by atoms with Crippen LogP contribution < -0.4 is 0 Å². The van der Waals surface area contributed by atoms with E-state index in [4.69, 9.17) is 5.10 Å². The summed E-state index contributed by atoms with van der Waals surface area (Å²) < 4.78 is 3.71. The molecule has 3 aromatic heterocycles. The molecule has 4 aromatic rings. The van der Waals surface area contributed by atoms with Gasteiger partial charge in [0.05, 0.1) is 23.2 Å². The Morgan fingerprint density at radius 1 is 1.14 bits per heavy atom. The second kappa shape index (κ2) is 8.41. The summed E-state index contributed by atoms with van der Waals surface area (Å²) in [5.41, 5.74) is 3.58. The Balaban J connectivity index is 1.61. The average Bonchev–Trinajstić information content (AvgIpc) is 3.47. The van der Waals surface area contributed by atoms with Crippen molar-refractivity contribution < 1.29 is 4.79 Å². The molecule has 0 bridgehead atoms. The minimum Gasteiger partial charge on any atom is -0.289 e. The van der Waals surface area contributed by atoms with Gasteiger partial charge in [-0.05, 0) is 43.0 Å². The van der Waals surface area contributed by atoms with Crippen molar-refractivity contribution in [2.75, 3.05) is 0 Å². The molecule has 1 aromatic carbocycles. The number of allylic oxidation sites excluding steroid dienone is 1. The van der Waals surface area contributed by atoms with Gasteiger partial charge in [-0.15, -0.1) is 11.3 Å². The molecular formula is C23H22N4OS. The fraction of sp³-hybridized carbons (Fsp3) is 0.174. The van der Waals surface area contributed by atoms with E-state index in [0.29, 0.717) is 12.1 Å². The Hall–Kier alpha value is -3.25. The third kappa shape index (κ3) is 4.43. The molecule has 0 N–H and O–H groups in total. The molecule has 0 spiro atoms. The van der Waals surface area contributed by atoms with E-state index < -0.39 is 0 Å². The Bertz CT molecular complexity index is 1120. The minimum atomic E-state index is -0.0650. The summed E-state index contributed by atoms with van der Waals surface area (Å²) in [4.78, 5) is 13.7. The number of carbonyl (C=O) groups is 1. The molecule has 0 saturated heterocycles. The van der Waals surface area contributed by atoms with Crippen LogP contribution in [-0.4, -0.2) is 25.3 Å². The van der Waals surface area contributed by atoms with Crippen LogP contribution in [0.1, 0.15) is 41.4 Å². The minimum absolute atomic E-state index is 0.0650. The van der Waals surface area contributed by atoms with Crippen LogP contribution in [0.15, 0.2) is 72.5 Å². The van der Waals surface area contributed by atoms with E-state index in [1.807, 2.05) is 66.5 Å². The monoisotopic (exact) mass is 402 g/mol. The van der Waals surface area contributed by atoms with Crippen LogP contribution in [0.3, 0.4) is 0 Å². The van der Waals surface area contributed by atoms with Crippen LogP contribution in [0.2, 0.25) is 0 Å². The SMILES string of the molecule is CC(C)n1cc(C(=O)/C=C/c2cn(Cc3ccccc3)nc2-c2cccs2)cn1. The molecule has 0 aliphatic rings. The maximum absolute atomic E-state index is 12.6. The quantitative estimate of drug-likeness (QED) is 0.310. The highest BCUT2D eigenvalue weighted by Gasteiger charge is 2.12. The van der Waals surface area contributed by atoms with Crippen LogP contribution in [0.4, 0.5) is 0 Å². The molecule has 0 fully saturated rings. The molecule has 6 heteroatoms. The molecular weight excluding hydrogens is 380 g/mol. The molecule has 3 heterocycles. The highest BCUT2D eigenvalue weighted by molar-refractivity contribution is 7.13. The van der Waals surface area contributed by atoms with Crippen molar-refractivity contribution in [3.05, 3.63) is 89.2 Å². The summed E-state index contributed by atoms with van der Waals surface area (Å²) in [5, 5.41) is 11.1. The number of hydrogen-bond acceptors (Lipinski definition) is 4. The van der Waals surface area contributed by atoms with E-state index in [9.17, 15) is 4.79 Å². The Morgan fingerprint density at radius 2 is 1.97 bits per heavy atom. The van der Waals surface area contributed by atoms with Gasteiger partial charge in [-0.25, -0.2) is 0 Å². The predicted molar refractivity (Wildman–Crippen MR) is 117 cm³/mol. The van der Waals surface area contributed by atoms with E-state index in [-0.39, 0.29) is 11.8 Å². The van der Waals surface area contributed by atoms with Gasteiger partial charge >= 0.3 is 0 Å². The van der Waals surface area contributed by atoms with Crippen LogP contribution in [0, 0.1) is 0 Å². The Labute approximate surface area is 173 Å². The number of rotatable bonds is 7. The van der Waals surface area contributed by atoms with Gasteiger partial charge in [0.25, 0.3) is 0 Å². The fourth-order valence-corrected chi connectivity index (χ4v) is 3.76. The largest absolute Gasteiger partial charge is 0.289 e. The first-order valence-electron chi connectivity index (χ1n) is 9.52. The van der Waals surface area contributed by atoms with Crippen molar-refractivity contribution in [3.8, 4) is 10.6 Å². The van der Waals surface area contributed by atoms with Crippen LogP contribution in [0.25, 0.3) is 16.6 Å². The lowest BCUT2D eigenvalue weighted by Gasteiger charge is -2.02. The van der Waals surface area contributed by atoms with Crippen LogP contribution >= 0.6 is 11.3 Å². The molecule has 5 nitrogen and oxygen atoms in total. The number of ketones is 1. The standard InChI is InChI=1S/C23H22N4OS/c1-17(2)27-16-20(13-24-27)21(28)11-10-19-15-26(14-18-7-4-3-5-8-18)25-23(19)22-9-6-12-29-22/h3-13,15-17H,14H2,1-2H3/b11-10+. The second-order valence-electron chi connectivity index (χ2n) is 7.09. The first-order valence-corrected chi connectivity index (χ1v) is 10.4. The van der Waals surface area contributed by atoms with E-state index in [1.165, 1.54) is 5.56 Å². The molecule has 29 heavy (non-hydrogen) atoms. The number of hydrogen-bond donors (Lipinski definition) is 0. The molecule has 146 valence electrons. The zero-order valence-electron chi connectivity index (χ0n) is 16.4. The molecule has 0 aliphatic carbocycles. The number of aromatic nitrogens is 4. The van der Waals surface area contributed by atoms with E-state index >= 15 is 0 Å². The van der Waals surface area contributed by atoms with Crippen molar-refractivity contribution >= 4 is 23.2 Å². The number of nitrogens with zero attached hydrogens (tertiary/aromatic N) is 4. The molecule has 0 atom stereocenters. The molecule has 0 radical (unpaired) electrons. The van der Waals surface area contributed by atoms with Gasteiger partial charge in [-0.1, -0.05) is 36.4 Å². The van der Waals surface area contributed by atoms with E-state index in [1.54, 1.807) is 34.5 Å². The van der Waals surface area contributed by atoms with Crippen molar-refractivity contribution in [3.63, 3.8) is 0 Å². The lowest BCUT2D eigenvalue weighted by Crippen LogP contribution is -2.00. The molecule has 0 saturated carbocycles. The Kier molecular flexibility index (Phi) is 5.53. The third-order valence-electron chi connectivity index (χ3n) is 4.56. The lowest BCUT2D eigenvalue weighted by molar-refractivity contribution is 0.104. The second-order valence-corrected chi connectivity index (χ2v) is 8.04. The van der Waals surface area contributed by atoms with Gasteiger partial charge in [0.1, 0.15) is 5.69 Å². The molecule has 4 rings (SSSR count). The smallest absolute Gasteiger partial charge is 0.189 e. The van der Waals surface area contributed by atoms with Crippen molar-refractivity contribution in [2.24, 2.45) is 0 Å². The predicted octanol–water partition coefficient (Wildman–Crippen LogP) is 5.33. The zero-order valence-corrected chi connectivity index (χ0v) is 17.2. The normalized spacial score (nSPS) is 11.6. The van der Waals surface area contributed by atoms with Crippen molar-refractivity contribution in [1.29, 1.82) is 0 Å². The zero-order chi connectivity index (χ0) is 20.2. The maximum Gasteiger partial charge on any atom is 0.189 e.